The molecule has 82 valence electrons. The Morgan fingerprint density at radius 2 is 2.36 bits per heavy atom. The maximum atomic E-state index is 11.1. The van der Waals surface area contributed by atoms with Crippen molar-refractivity contribution >= 4 is 6.09 Å². The summed E-state index contributed by atoms with van der Waals surface area (Å²) in [5.74, 6) is 0.652. The molecule has 0 spiro atoms. The third-order valence-corrected chi connectivity index (χ3v) is 2.54. The van der Waals surface area contributed by atoms with Crippen molar-refractivity contribution in [2.45, 2.75) is 38.7 Å². The SMILES string of the molecule is CC1CCC[C@H](OC(=O)NCCO)C1. The Labute approximate surface area is 84.6 Å². The first-order chi connectivity index (χ1) is 6.72. The Kier molecular flexibility index (Phi) is 4.73. The Morgan fingerprint density at radius 1 is 1.57 bits per heavy atom. The molecule has 0 aliphatic heterocycles. The van der Waals surface area contributed by atoms with E-state index < -0.39 is 6.09 Å². The molecule has 0 aromatic heterocycles. The summed E-state index contributed by atoms with van der Waals surface area (Å²) in [7, 11) is 0. The standard InChI is InChI=1S/C10H19NO3/c1-8-3-2-4-9(7-8)14-10(13)11-5-6-12/h8-9,12H,2-7H2,1H3,(H,11,13)/t8?,9-/m0/s1. The number of ether oxygens (including phenoxy) is 1. The van der Waals surface area contributed by atoms with Crippen molar-refractivity contribution in [2.75, 3.05) is 13.2 Å². The van der Waals surface area contributed by atoms with Crippen molar-refractivity contribution < 1.29 is 14.6 Å². The highest BCUT2D eigenvalue weighted by Gasteiger charge is 2.21. The van der Waals surface area contributed by atoms with Crippen LogP contribution in [-0.2, 0) is 4.74 Å². The summed E-state index contributed by atoms with van der Waals surface area (Å²) >= 11 is 0. The number of carbonyl (C=O) groups excluding carboxylic acids is 1. The highest BCUT2D eigenvalue weighted by molar-refractivity contribution is 5.67. The summed E-state index contributed by atoms with van der Waals surface area (Å²) in [5, 5.41) is 11.0. The number of carbonyl (C=O) groups is 1. The van der Waals surface area contributed by atoms with Gasteiger partial charge in [-0.25, -0.2) is 4.79 Å². The summed E-state index contributed by atoms with van der Waals surface area (Å²) in [6, 6.07) is 0. The van der Waals surface area contributed by atoms with Gasteiger partial charge in [0, 0.05) is 6.54 Å². The van der Waals surface area contributed by atoms with Gasteiger partial charge in [0.15, 0.2) is 0 Å². The van der Waals surface area contributed by atoms with Crippen LogP contribution in [0.15, 0.2) is 0 Å². The fourth-order valence-corrected chi connectivity index (χ4v) is 1.84. The average molecular weight is 201 g/mol. The fraction of sp³-hybridized carbons (Fsp3) is 0.900. The summed E-state index contributed by atoms with van der Waals surface area (Å²) in [5.41, 5.74) is 0. The van der Waals surface area contributed by atoms with Gasteiger partial charge >= 0.3 is 6.09 Å². The number of aliphatic hydroxyl groups is 1. The van der Waals surface area contributed by atoms with Gasteiger partial charge in [0.05, 0.1) is 6.61 Å². The topological polar surface area (TPSA) is 58.6 Å². The van der Waals surface area contributed by atoms with E-state index in [1.165, 1.54) is 6.42 Å². The molecule has 1 unspecified atom stereocenters. The van der Waals surface area contributed by atoms with Crippen LogP contribution in [0.4, 0.5) is 4.79 Å². The Morgan fingerprint density at radius 3 is 3.00 bits per heavy atom. The third kappa shape index (κ3) is 3.96. The van der Waals surface area contributed by atoms with Gasteiger partial charge in [-0.3, -0.25) is 0 Å². The number of nitrogens with one attached hydrogen (secondary N) is 1. The van der Waals surface area contributed by atoms with Crippen LogP contribution in [0.5, 0.6) is 0 Å². The van der Waals surface area contributed by atoms with Crippen LogP contribution in [0.25, 0.3) is 0 Å². The van der Waals surface area contributed by atoms with Crippen molar-refractivity contribution in [2.24, 2.45) is 5.92 Å². The molecular formula is C10H19NO3. The lowest BCUT2D eigenvalue weighted by Crippen LogP contribution is -2.32. The largest absolute Gasteiger partial charge is 0.446 e. The molecule has 4 heteroatoms. The molecule has 0 saturated heterocycles. The fourth-order valence-electron chi connectivity index (χ4n) is 1.84. The molecule has 1 rings (SSSR count). The Balaban J connectivity index is 2.18. The van der Waals surface area contributed by atoms with E-state index in [-0.39, 0.29) is 19.3 Å². The van der Waals surface area contributed by atoms with E-state index >= 15 is 0 Å². The zero-order chi connectivity index (χ0) is 10.4. The quantitative estimate of drug-likeness (QED) is 0.723. The summed E-state index contributed by atoms with van der Waals surface area (Å²) in [6.45, 7) is 2.40. The van der Waals surface area contributed by atoms with Crippen LogP contribution >= 0.6 is 0 Å². The maximum Gasteiger partial charge on any atom is 0.407 e. The smallest absolute Gasteiger partial charge is 0.407 e. The Hall–Kier alpha value is -0.770. The first-order valence-corrected chi connectivity index (χ1v) is 5.27. The highest BCUT2D eigenvalue weighted by atomic mass is 16.6. The van der Waals surface area contributed by atoms with Crippen molar-refractivity contribution in [3.05, 3.63) is 0 Å². The van der Waals surface area contributed by atoms with Gasteiger partial charge in [0.2, 0.25) is 0 Å². The molecule has 0 radical (unpaired) electrons. The predicted octanol–water partition coefficient (Wildman–Crippen LogP) is 1.28. The molecular weight excluding hydrogens is 182 g/mol. The van der Waals surface area contributed by atoms with Gasteiger partial charge in [-0.05, 0) is 25.2 Å². The Bertz CT molecular complexity index is 184. The lowest BCUT2D eigenvalue weighted by atomic mass is 9.89. The maximum absolute atomic E-state index is 11.1. The lowest BCUT2D eigenvalue weighted by Gasteiger charge is -2.26. The zero-order valence-corrected chi connectivity index (χ0v) is 8.66. The second-order valence-corrected chi connectivity index (χ2v) is 3.95. The monoisotopic (exact) mass is 201 g/mol. The number of rotatable bonds is 3. The molecule has 2 atom stereocenters. The average Bonchev–Trinajstić information content (AvgIpc) is 2.15. The molecule has 4 nitrogen and oxygen atoms in total. The van der Waals surface area contributed by atoms with Crippen molar-refractivity contribution in [1.82, 2.24) is 5.32 Å². The number of hydrogen-bond donors (Lipinski definition) is 2. The first-order valence-electron chi connectivity index (χ1n) is 5.27. The molecule has 1 fully saturated rings. The van der Waals surface area contributed by atoms with Crippen LogP contribution in [0.3, 0.4) is 0 Å². The second kappa shape index (κ2) is 5.86. The molecule has 0 aromatic carbocycles. The van der Waals surface area contributed by atoms with Gasteiger partial charge in [0.25, 0.3) is 0 Å². The lowest BCUT2D eigenvalue weighted by molar-refractivity contribution is 0.0615. The molecule has 0 aromatic rings. The van der Waals surface area contributed by atoms with Gasteiger partial charge in [-0.1, -0.05) is 13.3 Å². The van der Waals surface area contributed by atoms with Gasteiger partial charge in [-0.2, -0.15) is 0 Å². The van der Waals surface area contributed by atoms with Crippen LogP contribution < -0.4 is 5.32 Å². The second-order valence-electron chi connectivity index (χ2n) is 3.95. The number of amides is 1. The van der Waals surface area contributed by atoms with E-state index in [0.29, 0.717) is 5.92 Å². The van der Waals surface area contributed by atoms with Crippen molar-refractivity contribution in [1.29, 1.82) is 0 Å². The molecule has 1 saturated carbocycles. The first kappa shape index (κ1) is 11.3. The van der Waals surface area contributed by atoms with Crippen LogP contribution in [0.2, 0.25) is 0 Å². The van der Waals surface area contributed by atoms with Crippen LogP contribution in [0, 0.1) is 5.92 Å². The zero-order valence-electron chi connectivity index (χ0n) is 8.66. The number of hydrogen-bond acceptors (Lipinski definition) is 3. The molecule has 1 amide bonds. The minimum Gasteiger partial charge on any atom is -0.446 e. The molecule has 0 heterocycles. The van der Waals surface area contributed by atoms with E-state index in [4.69, 9.17) is 9.84 Å². The summed E-state index contributed by atoms with van der Waals surface area (Å²) in [6.07, 6.45) is 3.97. The summed E-state index contributed by atoms with van der Waals surface area (Å²) < 4.78 is 5.20. The molecule has 2 N–H and O–H groups in total. The number of alkyl carbamates (subject to hydrolysis) is 1. The summed E-state index contributed by atoms with van der Waals surface area (Å²) in [4.78, 5) is 11.1. The van der Waals surface area contributed by atoms with E-state index in [0.717, 1.165) is 19.3 Å². The molecule has 0 bridgehead atoms. The third-order valence-electron chi connectivity index (χ3n) is 2.54. The minimum atomic E-state index is -0.404. The van der Waals surface area contributed by atoms with Crippen LogP contribution in [0.1, 0.15) is 32.6 Å². The van der Waals surface area contributed by atoms with Crippen LogP contribution in [-0.4, -0.2) is 30.5 Å². The van der Waals surface area contributed by atoms with Crippen molar-refractivity contribution in [3.8, 4) is 0 Å². The van der Waals surface area contributed by atoms with Gasteiger partial charge in [0.1, 0.15) is 6.10 Å². The van der Waals surface area contributed by atoms with E-state index in [9.17, 15) is 4.79 Å². The van der Waals surface area contributed by atoms with E-state index in [2.05, 4.69) is 12.2 Å². The number of aliphatic hydroxyl groups excluding tert-OH is 1. The predicted molar refractivity (Wildman–Crippen MR) is 53.0 cm³/mol. The molecule has 14 heavy (non-hydrogen) atoms. The molecule has 1 aliphatic rings. The molecule has 1 aliphatic carbocycles. The normalized spacial score (nSPS) is 27.0. The van der Waals surface area contributed by atoms with Gasteiger partial charge in [-0.15, -0.1) is 0 Å². The highest BCUT2D eigenvalue weighted by Crippen LogP contribution is 2.25. The van der Waals surface area contributed by atoms with E-state index in [1.54, 1.807) is 0 Å². The van der Waals surface area contributed by atoms with Gasteiger partial charge < -0.3 is 15.2 Å². The van der Waals surface area contributed by atoms with Crippen molar-refractivity contribution in [3.63, 3.8) is 0 Å². The van der Waals surface area contributed by atoms with E-state index in [1.807, 2.05) is 0 Å². The minimum absolute atomic E-state index is 0.0455.